The van der Waals surface area contributed by atoms with E-state index >= 15 is 0 Å². The van der Waals surface area contributed by atoms with Gasteiger partial charge in [0.25, 0.3) is 6.43 Å². The third kappa shape index (κ3) is 3.70. The van der Waals surface area contributed by atoms with Crippen LogP contribution < -0.4 is 0 Å². The Morgan fingerprint density at radius 3 is 2.59 bits per heavy atom. The number of piperidine rings is 1. The summed E-state index contributed by atoms with van der Waals surface area (Å²) in [4.78, 5) is 2.62. The average Bonchev–Trinajstić information content (AvgIpc) is 3.10. The van der Waals surface area contributed by atoms with Gasteiger partial charge in [0.15, 0.2) is 5.69 Å². The second-order valence-electron chi connectivity index (χ2n) is 9.38. The topological polar surface area (TPSA) is 21.1 Å². The third-order valence-corrected chi connectivity index (χ3v) is 8.88. The van der Waals surface area contributed by atoms with Gasteiger partial charge in [-0.05, 0) is 67.7 Å². The van der Waals surface area contributed by atoms with Crippen molar-refractivity contribution in [3.8, 4) is 0 Å². The van der Waals surface area contributed by atoms with Crippen molar-refractivity contribution in [3.63, 3.8) is 0 Å². The van der Waals surface area contributed by atoms with Gasteiger partial charge in [0.1, 0.15) is 6.54 Å². The van der Waals surface area contributed by atoms with Crippen LogP contribution in [-0.2, 0) is 12.7 Å². The van der Waals surface area contributed by atoms with Crippen molar-refractivity contribution in [1.29, 1.82) is 0 Å². The molecule has 5 rings (SSSR count). The maximum Gasteiger partial charge on any atom is 0.435 e. The molecule has 3 heterocycles. The van der Waals surface area contributed by atoms with E-state index in [4.69, 9.17) is 0 Å². The molecule has 29 heavy (non-hydrogen) atoms. The largest absolute Gasteiger partial charge is 0.435 e. The Balaban J connectivity index is 1.27. The van der Waals surface area contributed by atoms with Gasteiger partial charge >= 0.3 is 6.18 Å². The Hall–Kier alpha value is -0.830. The van der Waals surface area contributed by atoms with Gasteiger partial charge in [-0.15, -0.1) is 0 Å². The lowest BCUT2D eigenvalue weighted by atomic mass is 9.79. The van der Waals surface area contributed by atoms with Crippen LogP contribution in [0.5, 0.6) is 0 Å². The Morgan fingerprint density at radius 2 is 1.97 bits per heavy atom. The predicted molar refractivity (Wildman–Crippen MR) is 101 cm³/mol. The van der Waals surface area contributed by atoms with E-state index in [1.165, 1.54) is 30.8 Å². The fraction of sp³-hybridized carbons (Fsp3) is 0.850. The first-order valence-electron chi connectivity index (χ1n) is 10.5. The van der Waals surface area contributed by atoms with Gasteiger partial charge < -0.3 is 0 Å². The summed E-state index contributed by atoms with van der Waals surface area (Å²) in [6.45, 7) is 1.50. The standard InChI is InChI=1S/C20H26F5N3S/c21-17(22)9-28-15(8-16(26-28)20(23,24)25)18-13-6-12(7-14(13)18)27-4-1-2-19(10-27)3-5-29-11-19/h8,12-14,17-18H,1-7,9-11H2/t12?,13-,14-,18?,19-/m0/s1. The summed E-state index contributed by atoms with van der Waals surface area (Å²) >= 11 is 2.05. The molecule has 4 fully saturated rings. The number of likely N-dealkylation sites (tertiary alicyclic amines) is 1. The first-order chi connectivity index (χ1) is 13.8. The van der Waals surface area contributed by atoms with Crippen LogP contribution in [0.25, 0.3) is 0 Å². The summed E-state index contributed by atoms with van der Waals surface area (Å²) in [6.07, 6.45) is -1.54. The van der Waals surface area contributed by atoms with E-state index in [2.05, 4.69) is 21.8 Å². The minimum atomic E-state index is -4.60. The number of alkyl halides is 5. The van der Waals surface area contributed by atoms with Gasteiger partial charge in [0, 0.05) is 30.0 Å². The zero-order valence-electron chi connectivity index (χ0n) is 16.2. The number of nitrogens with zero attached hydrogens (tertiary/aromatic N) is 3. The maximum atomic E-state index is 13.1. The molecule has 0 bridgehead atoms. The van der Waals surface area contributed by atoms with Crippen LogP contribution in [0.3, 0.4) is 0 Å². The molecule has 0 aromatic carbocycles. The summed E-state index contributed by atoms with van der Waals surface area (Å²) in [5.74, 6) is 3.07. The minimum absolute atomic E-state index is 0.0469. The Morgan fingerprint density at radius 1 is 1.21 bits per heavy atom. The lowest BCUT2D eigenvalue weighted by Crippen LogP contribution is -2.47. The van der Waals surface area contributed by atoms with Crippen molar-refractivity contribution in [1.82, 2.24) is 14.7 Å². The van der Waals surface area contributed by atoms with E-state index in [-0.39, 0.29) is 5.92 Å². The van der Waals surface area contributed by atoms with Crippen molar-refractivity contribution in [2.75, 3.05) is 24.6 Å². The molecule has 0 unspecified atom stereocenters. The first-order valence-corrected chi connectivity index (χ1v) is 11.7. The number of aromatic nitrogens is 2. The molecule has 1 spiro atoms. The molecular weight excluding hydrogens is 409 g/mol. The molecule has 3 nitrogen and oxygen atoms in total. The van der Waals surface area contributed by atoms with E-state index in [1.807, 2.05) is 0 Å². The van der Waals surface area contributed by atoms with Gasteiger partial charge in [-0.1, -0.05) is 0 Å². The number of fused-ring (bicyclic) bond motifs is 1. The zero-order valence-corrected chi connectivity index (χ0v) is 17.0. The van der Waals surface area contributed by atoms with E-state index in [9.17, 15) is 22.0 Å². The van der Waals surface area contributed by atoms with Gasteiger partial charge in [-0.25, -0.2) is 8.78 Å². The van der Waals surface area contributed by atoms with Crippen molar-refractivity contribution in [2.24, 2.45) is 17.3 Å². The van der Waals surface area contributed by atoms with Crippen molar-refractivity contribution < 1.29 is 22.0 Å². The summed E-state index contributed by atoms with van der Waals surface area (Å²) < 4.78 is 65.9. The number of hydrogen-bond donors (Lipinski definition) is 0. The van der Waals surface area contributed by atoms with E-state index < -0.39 is 24.8 Å². The number of halogens is 5. The quantitative estimate of drug-likeness (QED) is 0.629. The lowest BCUT2D eigenvalue weighted by molar-refractivity contribution is -0.141. The second kappa shape index (κ2) is 7.11. The van der Waals surface area contributed by atoms with Crippen LogP contribution in [0.4, 0.5) is 22.0 Å². The number of rotatable bonds is 4. The number of thioether (sulfide) groups is 1. The Labute approximate surface area is 171 Å². The molecule has 2 aliphatic carbocycles. The molecule has 3 atom stereocenters. The van der Waals surface area contributed by atoms with Crippen molar-refractivity contribution in [2.45, 2.75) is 63.2 Å². The van der Waals surface area contributed by atoms with E-state index in [1.54, 1.807) is 0 Å². The van der Waals surface area contributed by atoms with Gasteiger partial charge in [-0.3, -0.25) is 9.58 Å². The van der Waals surface area contributed by atoms with Crippen LogP contribution >= 0.6 is 11.8 Å². The van der Waals surface area contributed by atoms with Crippen LogP contribution in [0.2, 0.25) is 0 Å². The monoisotopic (exact) mass is 435 g/mol. The van der Waals surface area contributed by atoms with Crippen LogP contribution in [0.15, 0.2) is 6.07 Å². The average molecular weight is 436 g/mol. The highest BCUT2D eigenvalue weighted by Gasteiger charge is 2.59. The summed E-state index contributed by atoms with van der Waals surface area (Å²) in [5, 5.41) is 3.47. The van der Waals surface area contributed by atoms with Crippen LogP contribution in [0.1, 0.15) is 49.4 Å². The molecule has 2 saturated heterocycles. The zero-order chi connectivity index (χ0) is 20.4. The molecular formula is C20H26F5N3S. The fourth-order valence-electron chi connectivity index (χ4n) is 6.19. The van der Waals surface area contributed by atoms with E-state index in [0.29, 0.717) is 29.0 Å². The second-order valence-corrected chi connectivity index (χ2v) is 10.5. The Bertz CT molecular complexity index is 746. The van der Waals surface area contributed by atoms with Crippen molar-refractivity contribution >= 4 is 11.8 Å². The van der Waals surface area contributed by atoms with Crippen LogP contribution in [-0.4, -0.2) is 51.7 Å². The van der Waals surface area contributed by atoms with Gasteiger partial charge in [0.05, 0.1) is 0 Å². The SMILES string of the molecule is FC(F)Cn1nc(C(F)(F)F)cc1C1[C@H]2CC(N3CCC[C@]4(CCSC4)C3)C[C@H]12. The van der Waals surface area contributed by atoms with Gasteiger partial charge in [0.2, 0.25) is 0 Å². The highest BCUT2D eigenvalue weighted by Crippen LogP contribution is 2.64. The fourth-order valence-corrected chi connectivity index (χ4v) is 7.73. The Kier molecular flexibility index (Phi) is 4.92. The number of hydrogen-bond acceptors (Lipinski definition) is 3. The van der Waals surface area contributed by atoms with Crippen molar-refractivity contribution in [3.05, 3.63) is 17.5 Å². The maximum absolute atomic E-state index is 13.1. The molecule has 2 saturated carbocycles. The van der Waals surface area contributed by atoms with Crippen LogP contribution in [0, 0.1) is 17.3 Å². The summed E-state index contributed by atoms with van der Waals surface area (Å²) in [7, 11) is 0. The summed E-state index contributed by atoms with van der Waals surface area (Å²) in [5.41, 5.74) is -0.230. The smallest absolute Gasteiger partial charge is 0.300 e. The molecule has 0 N–H and O–H groups in total. The molecule has 0 amide bonds. The molecule has 1 aromatic rings. The molecule has 9 heteroatoms. The minimum Gasteiger partial charge on any atom is -0.300 e. The van der Waals surface area contributed by atoms with Gasteiger partial charge in [-0.2, -0.15) is 30.0 Å². The predicted octanol–water partition coefficient (Wildman–Crippen LogP) is 4.88. The third-order valence-electron chi connectivity index (χ3n) is 7.57. The van der Waals surface area contributed by atoms with E-state index in [0.717, 1.165) is 36.7 Å². The first kappa shape index (κ1) is 20.1. The molecule has 2 aliphatic heterocycles. The highest BCUT2D eigenvalue weighted by molar-refractivity contribution is 7.99. The normalized spacial score (nSPS) is 35.7. The highest BCUT2D eigenvalue weighted by atomic mass is 32.2. The molecule has 1 aromatic heterocycles. The lowest BCUT2D eigenvalue weighted by Gasteiger charge is -2.43. The molecule has 162 valence electrons. The summed E-state index contributed by atoms with van der Waals surface area (Å²) in [6, 6.07) is 1.50. The molecule has 0 radical (unpaired) electrons. The molecule has 4 aliphatic rings.